The molecule has 36 heavy (non-hydrogen) atoms. The maximum atomic E-state index is 13.9. The number of aromatic carboxylic acids is 1. The first-order valence-electron chi connectivity index (χ1n) is 13.1. The number of nitrogens with zero attached hydrogens (tertiary/aromatic N) is 1. The smallest absolute Gasteiger partial charge is 0.348 e. The summed E-state index contributed by atoms with van der Waals surface area (Å²) in [6.07, 6.45) is 12.4. The minimum atomic E-state index is -3.16. The Morgan fingerprint density at radius 2 is 1.78 bits per heavy atom. The number of carboxylic acids is 1. The number of hydrogen-bond acceptors (Lipinski definition) is 5. The average molecular weight is 536 g/mol. The SMILES string of the molecule is CC1CCC(C(=O)N(c2cc(C3C=CC(CP(C)(=O)O)=CC3)sc2C(=O)O)C2CCC(O)CC2)CC1. The van der Waals surface area contributed by atoms with Crippen LogP contribution >= 0.6 is 18.7 Å². The van der Waals surface area contributed by atoms with Crippen molar-refractivity contribution in [2.24, 2.45) is 11.8 Å². The number of carbonyl (C=O) groups excluding carboxylic acids is 1. The molecule has 0 radical (unpaired) electrons. The Bertz CT molecular complexity index is 1070. The highest BCUT2D eigenvalue weighted by molar-refractivity contribution is 7.57. The van der Waals surface area contributed by atoms with E-state index in [0.717, 1.165) is 36.1 Å². The van der Waals surface area contributed by atoms with Gasteiger partial charge in [0.05, 0.1) is 11.8 Å². The summed E-state index contributed by atoms with van der Waals surface area (Å²) in [6, 6.07) is 1.77. The average Bonchev–Trinajstić information content (AvgIpc) is 3.25. The Labute approximate surface area is 217 Å². The molecule has 0 saturated heterocycles. The lowest BCUT2D eigenvalue weighted by Crippen LogP contribution is -2.47. The number of aliphatic hydroxyl groups excluding tert-OH is 1. The van der Waals surface area contributed by atoms with Crippen LogP contribution in [0.25, 0.3) is 0 Å². The van der Waals surface area contributed by atoms with E-state index in [1.807, 2.05) is 24.3 Å². The molecule has 7 nitrogen and oxygen atoms in total. The summed E-state index contributed by atoms with van der Waals surface area (Å²) < 4.78 is 11.8. The molecule has 1 amide bonds. The molecule has 0 aromatic carbocycles. The van der Waals surface area contributed by atoms with Gasteiger partial charge in [0.25, 0.3) is 0 Å². The third kappa shape index (κ3) is 6.58. The topological polar surface area (TPSA) is 115 Å². The predicted octanol–water partition coefficient (Wildman–Crippen LogP) is 5.78. The number of aliphatic hydroxyl groups is 1. The molecular weight excluding hydrogens is 497 g/mol. The van der Waals surface area contributed by atoms with Gasteiger partial charge in [0, 0.05) is 35.6 Å². The van der Waals surface area contributed by atoms with Gasteiger partial charge in [-0.25, -0.2) is 4.79 Å². The maximum absolute atomic E-state index is 13.9. The molecule has 3 aliphatic rings. The van der Waals surface area contributed by atoms with Crippen molar-refractivity contribution in [3.05, 3.63) is 39.6 Å². The van der Waals surface area contributed by atoms with E-state index in [9.17, 15) is 29.3 Å². The van der Waals surface area contributed by atoms with Crippen molar-refractivity contribution < 1.29 is 29.3 Å². The molecule has 4 rings (SSSR count). The fraction of sp³-hybridized carbons (Fsp3) is 0.630. The highest BCUT2D eigenvalue weighted by atomic mass is 32.1. The summed E-state index contributed by atoms with van der Waals surface area (Å²) in [4.78, 5) is 38.8. The molecule has 2 fully saturated rings. The Morgan fingerprint density at radius 3 is 2.33 bits per heavy atom. The monoisotopic (exact) mass is 535 g/mol. The Balaban J connectivity index is 1.64. The molecule has 1 aromatic heterocycles. The van der Waals surface area contributed by atoms with Crippen LogP contribution in [0.5, 0.6) is 0 Å². The van der Waals surface area contributed by atoms with Crippen LogP contribution in [0.1, 0.15) is 85.2 Å². The van der Waals surface area contributed by atoms with E-state index < -0.39 is 13.3 Å². The van der Waals surface area contributed by atoms with E-state index in [0.29, 0.717) is 43.7 Å². The summed E-state index contributed by atoms with van der Waals surface area (Å²) in [5, 5.41) is 20.2. The normalized spacial score (nSPS) is 30.3. The van der Waals surface area contributed by atoms with Gasteiger partial charge in [-0.05, 0) is 75.3 Å². The Morgan fingerprint density at radius 1 is 1.11 bits per heavy atom. The zero-order chi connectivity index (χ0) is 26.0. The van der Waals surface area contributed by atoms with E-state index in [4.69, 9.17) is 0 Å². The number of hydrogen-bond donors (Lipinski definition) is 3. The van der Waals surface area contributed by atoms with Gasteiger partial charge < -0.3 is 20.0 Å². The second-order valence-electron chi connectivity index (χ2n) is 11.0. The van der Waals surface area contributed by atoms with E-state index in [1.54, 1.807) is 4.90 Å². The summed E-state index contributed by atoms with van der Waals surface area (Å²) >= 11 is 1.22. The van der Waals surface area contributed by atoms with Crippen LogP contribution in [0, 0.1) is 11.8 Å². The van der Waals surface area contributed by atoms with Crippen molar-refractivity contribution >= 4 is 36.3 Å². The van der Waals surface area contributed by atoms with E-state index in [1.165, 1.54) is 18.0 Å². The molecular formula is C27H38NO6PS. The van der Waals surface area contributed by atoms with Gasteiger partial charge >= 0.3 is 5.97 Å². The zero-order valence-electron chi connectivity index (χ0n) is 21.1. The lowest BCUT2D eigenvalue weighted by molar-refractivity contribution is -0.124. The first kappa shape index (κ1) is 27.3. The standard InChI is InChI=1S/C27H38NO6PS/c1-17-3-7-20(8-4-17)26(30)28(21-11-13-22(29)14-12-21)23-15-24(36-25(23)27(31)32)19-9-5-18(6-10-19)16-35(2,33)34/h5-6,9,15,17,19-22,29H,3-4,7-8,10-14,16H2,1-2H3,(H,31,32)(H,33,34). The molecule has 0 aliphatic heterocycles. The van der Waals surface area contributed by atoms with E-state index >= 15 is 0 Å². The molecule has 0 spiro atoms. The van der Waals surface area contributed by atoms with Gasteiger partial charge in [-0.15, -0.1) is 11.3 Å². The fourth-order valence-electron chi connectivity index (χ4n) is 5.76. The molecule has 3 N–H and O–H groups in total. The molecule has 1 aromatic rings. The number of rotatable bonds is 7. The molecule has 0 bridgehead atoms. The van der Waals surface area contributed by atoms with Crippen LogP contribution in [0.15, 0.2) is 29.9 Å². The quantitative estimate of drug-likeness (QED) is 0.381. The summed E-state index contributed by atoms with van der Waals surface area (Å²) in [7, 11) is -3.16. The molecule has 9 heteroatoms. The first-order valence-corrected chi connectivity index (χ1v) is 16.2. The van der Waals surface area contributed by atoms with Crippen LogP contribution in [0.3, 0.4) is 0 Å². The Hall–Kier alpha value is -1.73. The maximum Gasteiger partial charge on any atom is 0.348 e. The lowest BCUT2D eigenvalue weighted by atomic mass is 9.81. The van der Waals surface area contributed by atoms with Crippen molar-refractivity contribution in [3.8, 4) is 0 Å². The number of thiophene rings is 1. The largest absolute Gasteiger partial charge is 0.477 e. The number of allylic oxidation sites excluding steroid dienone is 4. The minimum absolute atomic E-state index is 0.0261. The second kappa shape index (κ2) is 11.3. The van der Waals surface area contributed by atoms with Crippen molar-refractivity contribution in [1.82, 2.24) is 0 Å². The van der Waals surface area contributed by atoms with Crippen LogP contribution in [0.2, 0.25) is 0 Å². The molecule has 3 aliphatic carbocycles. The van der Waals surface area contributed by atoms with Gasteiger partial charge in [0.1, 0.15) is 4.88 Å². The van der Waals surface area contributed by atoms with Crippen molar-refractivity contribution in [1.29, 1.82) is 0 Å². The number of amides is 1. The van der Waals surface area contributed by atoms with Crippen LogP contribution in [0.4, 0.5) is 5.69 Å². The zero-order valence-corrected chi connectivity index (χ0v) is 22.8. The fourth-order valence-corrected chi connectivity index (χ4v) is 7.76. The lowest BCUT2D eigenvalue weighted by Gasteiger charge is -2.38. The third-order valence-electron chi connectivity index (χ3n) is 7.84. The van der Waals surface area contributed by atoms with Crippen LogP contribution in [-0.4, -0.2) is 52.0 Å². The highest BCUT2D eigenvalue weighted by Crippen LogP contribution is 2.44. The second-order valence-corrected chi connectivity index (χ2v) is 14.5. The van der Waals surface area contributed by atoms with Crippen molar-refractivity contribution in [2.75, 3.05) is 17.7 Å². The van der Waals surface area contributed by atoms with Gasteiger partial charge in [-0.3, -0.25) is 9.36 Å². The van der Waals surface area contributed by atoms with Crippen molar-refractivity contribution in [3.63, 3.8) is 0 Å². The summed E-state index contributed by atoms with van der Waals surface area (Å²) in [5.41, 5.74) is 1.31. The van der Waals surface area contributed by atoms with E-state index in [-0.39, 0.29) is 40.9 Å². The molecule has 2 unspecified atom stereocenters. The summed E-state index contributed by atoms with van der Waals surface area (Å²) in [6.45, 7) is 3.56. The number of anilines is 1. The highest BCUT2D eigenvalue weighted by Gasteiger charge is 2.37. The summed E-state index contributed by atoms with van der Waals surface area (Å²) in [5.74, 6) is -0.533. The molecule has 2 atom stereocenters. The minimum Gasteiger partial charge on any atom is -0.477 e. The molecule has 198 valence electrons. The van der Waals surface area contributed by atoms with Crippen LogP contribution in [-0.2, 0) is 9.36 Å². The molecule has 2 saturated carbocycles. The van der Waals surface area contributed by atoms with Gasteiger partial charge in [-0.1, -0.05) is 25.2 Å². The van der Waals surface area contributed by atoms with Crippen LogP contribution < -0.4 is 4.90 Å². The predicted molar refractivity (Wildman–Crippen MR) is 143 cm³/mol. The number of carbonyl (C=O) groups is 2. The van der Waals surface area contributed by atoms with Crippen molar-refractivity contribution in [2.45, 2.75) is 82.8 Å². The van der Waals surface area contributed by atoms with Gasteiger partial charge in [-0.2, -0.15) is 0 Å². The molecule has 1 heterocycles. The third-order valence-corrected chi connectivity index (χ3v) is 10.0. The van der Waals surface area contributed by atoms with E-state index in [2.05, 4.69) is 6.92 Å². The first-order chi connectivity index (χ1) is 17.0. The number of carboxylic acid groups (broad SMARTS) is 1. The van der Waals surface area contributed by atoms with Gasteiger partial charge in [0.2, 0.25) is 13.3 Å². The Kier molecular flexibility index (Phi) is 8.60. The van der Waals surface area contributed by atoms with Gasteiger partial charge in [0.15, 0.2) is 0 Å².